The summed E-state index contributed by atoms with van der Waals surface area (Å²) in [6.07, 6.45) is 5.01. The Morgan fingerprint density at radius 1 is 1.14 bits per heavy atom. The van der Waals surface area contributed by atoms with Crippen molar-refractivity contribution < 1.29 is 9.13 Å². The molecule has 116 valence electrons. The number of likely N-dealkylation sites (tertiary alicyclic amines) is 1. The van der Waals surface area contributed by atoms with Gasteiger partial charge in [0.2, 0.25) is 0 Å². The van der Waals surface area contributed by atoms with Crippen molar-refractivity contribution in [2.75, 3.05) is 26.3 Å². The van der Waals surface area contributed by atoms with Gasteiger partial charge in [0.15, 0.2) is 0 Å². The average Bonchev–Trinajstić information content (AvgIpc) is 2.51. The van der Waals surface area contributed by atoms with Gasteiger partial charge in [0.1, 0.15) is 5.82 Å². The zero-order valence-electron chi connectivity index (χ0n) is 13.0. The largest absolute Gasteiger partial charge is 0.381 e. The zero-order chi connectivity index (χ0) is 14.7. The van der Waals surface area contributed by atoms with Crippen LogP contribution in [0.4, 0.5) is 4.39 Å². The molecule has 2 aliphatic heterocycles. The number of halogens is 1. The fourth-order valence-corrected chi connectivity index (χ4v) is 3.88. The highest BCUT2D eigenvalue weighted by Crippen LogP contribution is 2.42. The molecule has 2 aliphatic rings. The van der Waals surface area contributed by atoms with E-state index < -0.39 is 0 Å². The predicted octanol–water partition coefficient (Wildman–Crippen LogP) is 3.85. The second kappa shape index (κ2) is 6.45. The summed E-state index contributed by atoms with van der Waals surface area (Å²) in [5, 5.41) is 0. The van der Waals surface area contributed by atoms with E-state index in [2.05, 4.69) is 11.8 Å². The first-order valence-corrected chi connectivity index (χ1v) is 8.20. The Morgan fingerprint density at radius 3 is 2.38 bits per heavy atom. The van der Waals surface area contributed by atoms with E-state index in [0.29, 0.717) is 5.41 Å². The molecule has 2 heterocycles. The van der Waals surface area contributed by atoms with Crippen LogP contribution in [0, 0.1) is 17.2 Å². The van der Waals surface area contributed by atoms with E-state index in [1.807, 2.05) is 12.1 Å². The van der Waals surface area contributed by atoms with Gasteiger partial charge in [-0.2, -0.15) is 0 Å². The molecule has 0 aromatic heterocycles. The van der Waals surface area contributed by atoms with Gasteiger partial charge in [-0.15, -0.1) is 0 Å². The lowest BCUT2D eigenvalue weighted by Crippen LogP contribution is -2.42. The third-order valence-corrected chi connectivity index (χ3v) is 5.53. The first-order valence-electron chi connectivity index (χ1n) is 8.20. The van der Waals surface area contributed by atoms with Crippen LogP contribution in [-0.4, -0.2) is 31.2 Å². The van der Waals surface area contributed by atoms with Crippen LogP contribution in [0.5, 0.6) is 0 Å². The molecule has 2 nitrogen and oxygen atoms in total. The van der Waals surface area contributed by atoms with Crippen molar-refractivity contribution in [3.63, 3.8) is 0 Å². The average molecular weight is 291 g/mol. The Morgan fingerprint density at radius 2 is 1.76 bits per heavy atom. The molecule has 2 fully saturated rings. The van der Waals surface area contributed by atoms with Crippen LogP contribution < -0.4 is 0 Å². The van der Waals surface area contributed by atoms with E-state index >= 15 is 0 Å². The van der Waals surface area contributed by atoms with Gasteiger partial charge in [0.25, 0.3) is 0 Å². The van der Waals surface area contributed by atoms with Crippen LogP contribution >= 0.6 is 0 Å². The maximum absolute atomic E-state index is 12.9. The Bertz CT molecular complexity index is 445. The van der Waals surface area contributed by atoms with Gasteiger partial charge in [-0.05, 0) is 67.8 Å². The van der Waals surface area contributed by atoms with Crippen molar-refractivity contribution in [2.24, 2.45) is 11.3 Å². The highest BCUT2D eigenvalue weighted by molar-refractivity contribution is 5.16. The molecule has 3 heteroatoms. The molecule has 0 N–H and O–H groups in total. The van der Waals surface area contributed by atoms with Crippen molar-refractivity contribution in [2.45, 2.75) is 39.2 Å². The van der Waals surface area contributed by atoms with Gasteiger partial charge < -0.3 is 4.74 Å². The molecule has 21 heavy (non-hydrogen) atoms. The Hall–Kier alpha value is -0.930. The molecule has 0 saturated carbocycles. The Kier molecular flexibility index (Phi) is 4.60. The number of nitrogens with zero attached hydrogens (tertiary/aromatic N) is 1. The number of rotatable bonds is 3. The van der Waals surface area contributed by atoms with E-state index in [1.54, 1.807) is 12.1 Å². The van der Waals surface area contributed by atoms with Gasteiger partial charge >= 0.3 is 0 Å². The number of hydrogen-bond acceptors (Lipinski definition) is 2. The smallest absolute Gasteiger partial charge is 0.123 e. The molecule has 2 saturated heterocycles. The summed E-state index contributed by atoms with van der Waals surface area (Å²) in [6, 6.07) is 6.93. The molecule has 0 atom stereocenters. The molecule has 0 radical (unpaired) electrons. The van der Waals surface area contributed by atoms with E-state index in [-0.39, 0.29) is 5.82 Å². The van der Waals surface area contributed by atoms with Gasteiger partial charge in [-0.25, -0.2) is 4.39 Å². The monoisotopic (exact) mass is 291 g/mol. The highest BCUT2D eigenvalue weighted by atomic mass is 19.1. The Labute approximate surface area is 127 Å². The maximum atomic E-state index is 12.9. The number of benzene rings is 1. The van der Waals surface area contributed by atoms with Gasteiger partial charge in [0.05, 0.1) is 0 Å². The van der Waals surface area contributed by atoms with Crippen LogP contribution in [0.2, 0.25) is 0 Å². The summed E-state index contributed by atoms with van der Waals surface area (Å²) in [6.45, 7) is 7.61. The molecular weight excluding hydrogens is 265 g/mol. The summed E-state index contributed by atoms with van der Waals surface area (Å²) in [7, 11) is 0. The molecule has 0 aliphatic carbocycles. The van der Waals surface area contributed by atoms with E-state index in [1.165, 1.54) is 44.3 Å². The van der Waals surface area contributed by atoms with Crippen LogP contribution in [0.25, 0.3) is 0 Å². The summed E-state index contributed by atoms with van der Waals surface area (Å²) < 4.78 is 18.5. The number of piperidine rings is 1. The van der Waals surface area contributed by atoms with Gasteiger partial charge in [-0.3, -0.25) is 4.90 Å². The molecule has 0 unspecified atom stereocenters. The number of ether oxygens (including phenoxy) is 1. The van der Waals surface area contributed by atoms with Crippen LogP contribution in [0.1, 0.15) is 38.2 Å². The second-order valence-electron chi connectivity index (χ2n) is 6.94. The van der Waals surface area contributed by atoms with Crippen LogP contribution in [0.3, 0.4) is 0 Å². The summed E-state index contributed by atoms with van der Waals surface area (Å²) in [4.78, 5) is 2.51. The van der Waals surface area contributed by atoms with E-state index in [0.717, 1.165) is 25.7 Å². The lowest BCUT2D eigenvalue weighted by Gasteiger charge is -2.44. The minimum atomic E-state index is -0.148. The summed E-state index contributed by atoms with van der Waals surface area (Å²) in [5.74, 6) is 0.691. The van der Waals surface area contributed by atoms with E-state index in [4.69, 9.17) is 4.74 Å². The lowest BCUT2D eigenvalue weighted by atomic mass is 9.68. The third kappa shape index (κ3) is 3.64. The quantitative estimate of drug-likeness (QED) is 0.838. The molecule has 0 bridgehead atoms. The van der Waals surface area contributed by atoms with E-state index in [9.17, 15) is 4.39 Å². The van der Waals surface area contributed by atoms with Crippen LogP contribution in [-0.2, 0) is 11.3 Å². The number of hydrogen-bond donors (Lipinski definition) is 0. The first-order chi connectivity index (χ1) is 10.2. The van der Waals surface area contributed by atoms with Crippen molar-refractivity contribution in [1.29, 1.82) is 0 Å². The second-order valence-corrected chi connectivity index (χ2v) is 6.94. The van der Waals surface area contributed by atoms with Crippen LogP contribution in [0.15, 0.2) is 24.3 Å². The molecule has 0 spiro atoms. The Balaban J connectivity index is 1.51. The highest BCUT2D eigenvalue weighted by Gasteiger charge is 2.37. The fourth-order valence-electron chi connectivity index (χ4n) is 3.88. The SMILES string of the molecule is CC1(C2CCN(Cc3ccc(F)cc3)CC2)CCOCC1. The van der Waals surface area contributed by atoms with Gasteiger partial charge in [-0.1, -0.05) is 19.1 Å². The predicted molar refractivity (Wildman–Crippen MR) is 82.6 cm³/mol. The van der Waals surface area contributed by atoms with Crippen molar-refractivity contribution in [3.8, 4) is 0 Å². The third-order valence-electron chi connectivity index (χ3n) is 5.53. The molecule has 3 rings (SSSR count). The zero-order valence-corrected chi connectivity index (χ0v) is 13.0. The molecule has 1 aromatic rings. The van der Waals surface area contributed by atoms with Crippen molar-refractivity contribution in [3.05, 3.63) is 35.6 Å². The first kappa shape index (κ1) is 15.0. The minimum absolute atomic E-state index is 0.148. The maximum Gasteiger partial charge on any atom is 0.123 e. The molecular formula is C18H26FNO. The van der Waals surface area contributed by atoms with Crippen molar-refractivity contribution >= 4 is 0 Å². The summed E-state index contributed by atoms with van der Waals surface area (Å²) >= 11 is 0. The van der Waals surface area contributed by atoms with Crippen molar-refractivity contribution in [1.82, 2.24) is 4.90 Å². The topological polar surface area (TPSA) is 12.5 Å². The fraction of sp³-hybridized carbons (Fsp3) is 0.667. The summed E-state index contributed by atoms with van der Waals surface area (Å²) in [5.41, 5.74) is 1.70. The molecule has 0 amide bonds. The van der Waals surface area contributed by atoms with Gasteiger partial charge in [0, 0.05) is 19.8 Å². The molecule has 1 aromatic carbocycles. The minimum Gasteiger partial charge on any atom is -0.381 e. The standard InChI is InChI=1S/C18H26FNO/c1-18(8-12-21-13-9-18)16-6-10-20(11-7-16)14-15-2-4-17(19)5-3-15/h2-5,16H,6-14H2,1H3. The normalized spacial score (nSPS) is 24.1. The lowest BCUT2D eigenvalue weighted by molar-refractivity contribution is -0.0260.